The monoisotopic (exact) mass is 463 g/mol. The second-order valence-electron chi connectivity index (χ2n) is 8.49. The minimum Gasteiger partial charge on any atom is -0.385 e. The molecule has 4 aromatic carbocycles. The molecule has 174 valence electrons. The Kier molecular flexibility index (Phi) is 6.02. The lowest BCUT2D eigenvalue weighted by molar-refractivity contribution is -0.120. The SMILES string of the molecule is CCNc1ccc(NC(=O)C(Cc2ccccc2)N2C(=O)c3cccc4cccc(c34)C2=O)cc1. The quantitative estimate of drug-likeness (QED) is 0.373. The molecule has 1 aliphatic heterocycles. The summed E-state index contributed by atoms with van der Waals surface area (Å²) in [6.45, 7) is 2.80. The van der Waals surface area contributed by atoms with Crippen LogP contribution < -0.4 is 10.6 Å². The van der Waals surface area contributed by atoms with Crippen molar-refractivity contribution in [3.8, 4) is 0 Å². The van der Waals surface area contributed by atoms with Crippen LogP contribution in [0.15, 0.2) is 91.0 Å². The van der Waals surface area contributed by atoms with Crippen LogP contribution in [0, 0.1) is 0 Å². The van der Waals surface area contributed by atoms with Crippen molar-refractivity contribution in [3.63, 3.8) is 0 Å². The van der Waals surface area contributed by atoms with Gasteiger partial charge in [0.05, 0.1) is 0 Å². The van der Waals surface area contributed by atoms with Gasteiger partial charge in [-0.1, -0.05) is 54.6 Å². The van der Waals surface area contributed by atoms with Crippen molar-refractivity contribution >= 4 is 39.9 Å². The van der Waals surface area contributed by atoms with Gasteiger partial charge in [-0.15, -0.1) is 0 Å². The number of rotatable bonds is 7. The highest BCUT2D eigenvalue weighted by molar-refractivity contribution is 6.26. The molecule has 1 unspecified atom stereocenters. The van der Waals surface area contributed by atoms with Crippen LogP contribution in [0.5, 0.6) is 0 Å². The van der Waals surface area contributed by atoms with E-state index in [2.05, 4.69) is 10.6 Å². The van der Waals surface area contributed by atoms with Crippen molar-refractivity contribution in [2.24, 2.45) is 0 Å². The maximum Gasteiger partial charge on any atom is 0.262 e. The van der Waals surface area contributed by atoms with Gasteiger partial charge in [0.15, 0.2) is 0 Å². The standard InChI is InChI=1S/C29H25N3O3/c1-2-30-21-14-16-22(17-15-21)31-27(33)25(18-19-8-4-3-5-9-19)32-28(34)23-12-6-10-20-11-7-13-24(26(20)23)29(32)35/h3-17,25,30H,2,18H2,1H3,(H,31,33). The summed E-state index contributed by atoms with van der Waals surface area (Å²) in [5, 5.41) is 7.58. The van der Waals surface area contributed by atoms with Crippen LogP contribution in [-0.4, -0.2) is 35.2 Å². The van der Waals surface area contributed by atoms with Gasteiger partial charge in [0, 0.05) is 40.9 Å². The minimum absolute atomic E-state index is 0.206. The first-order valence-electron chi connectivity index (χ1n) is 11.6. The number of nitrogens with zero attached hydrogens (tertiary/aromatic N) is 1. The van der Waals surface area contributed by atoms with Crippen molar-refractivity contribution in [2.45, 2.75) is 19.4 Å². The predicted octanol–water partition coefficient (Wildman–Crippen LogP) is 5.12. The number of nitrogens with one attached hydrogen (secondary N) is 2. The van der Waals surface area contributed by atoms with Crippen LogP contribution in [0.2, 0.25) is 0 Å². The maximum absolute atomic E-state index is 13.6. The summed E-state index contributed by atoms with van der Waals surface area (Å²) in [6, 6.07) is 26.5. The number of carbonyl (C=O) groups excluding carboxylic acids is 3. The molecule has 0 aromatic heterocycles. The van der Waals surface area contributed by atoms with E-state index in [4.69, 9.17) is 0 Å². The molecule has 0 radical (unpaired) electrons. The molecule has 35 heavy (non-hydrogen) atoms. The molecule has 0 saturated carbocycles. The molecule has 2 N–H and O–H groups in total. The van der Waals surface area contributed by atoms with Crippen molar-refractivity contribution < 1.29 is 14.4 Å². The van der Waals surface area contributed by atoms with E-state index in [9.17, 15) is 14.4 Å². The average Bonchev–Trinajstić information content (AvgIpc) is 2.88. The number of amides is 3. The van der Waals surface area contributed by atoms with Gasteiger partial charge in [0.1, 0.15) is 6.04 Å². The molecule has 1 heterocycles. The summed E-state index contributed by atoms with van der Waals surface area (Å²) in [6.07, 6.45) is 0.206. The van der Waals surface area contributed by atoms with Gasteiger partial charge < -0.3 is 10.6 Å². The molecule has 6 nitrogen and oxygen atoms in total. The van der Waals surface area contributed by atoms with Gasteiger partial charge in [-0.05, 0) is 54.3 Å². The normalized spacial score (nSPS) is 13.6. The highest BCUT2D eigenvalue weighted by atomic mass is 16.2. The van der Waals surface area contributed by atoms with Crippen molar-refractivity contribution in [1.29, 1.82) is 0 Å². The molecule has 1 atom stereocenters. The molecule has 6 heteroatoms. The van der Waals surface area contributed by atoms with Crippen molar-refractivity contribution in [1.82, 2.24) is 4.90 Å². The lowest BCUT2D eigenvalue weighted by Gasteiger charge is -2.33. The van der Waals surface area contributed by atoms with Crippen LogP contribution in [0.25, 0.3) is 10.8 Å². The van der Waals surface area contributed by atoms with Gasteiger partial charge >= 0.3 is 0 Å². The third-order valence-corrected chi connectivity index (χ3v) is 6.22. The van der Waals surface area contributed by atoms with Crippen LogP contribution in [-0.2, 0) is 11.2 Å². The Balaban J connectivity index is 1.52. The molecule has 3 amide bonds. The minimum atomic E-state index is -1.02. The molecule has 1 aliphatic rings. The fourth-order valence-electron chi connectivity index (χ4n) is 4.57. The zero-order valence-electron chi connectivity index (χ0n) is 19.3. The second kappa shape index (κ2) is 9.43. The Morgan fingerprint density at radius 3 is 1.97 bits per heavy atom. The zero-order valence-corrected chi connectivity index (χ0v) is 19.3. The van der Waals surface area contributed by atoms with Gasteiger partial charge in [-0.25, -0.2) is 0 Å². The summed E-state index contributed by atoms with van der Waals surface area (Å²) < 4.78 is 0. The fourth-order valence-corrected chi connectivity index (χ4v) is 4.57. The van der Waals surface area contributed by atoms with E-state index in [0.717, 1.165) is 28.1 Å². The topological polar surface area (TPSA) is 78.5 Å². The average molecular weight is 464 g/mol. The number of hydrogen-bond donors (Lipinski definition) is 2. The third kappa shape index (κ3) is 4.26. The molecule has 4 aromatic rings. The van der Waals surface area contributed by atoms with E-state index in [-0.39, 0.29) is 6.42 Å². The van der Waals surface area contributed by atoms with Crippen LogP contribution in [0.3, 0.4) is 0 Å². The lowest BCUT2D eigenvalue weighted by atomic mass is 9.92. The van der Waals surface area contributed by atoms with Crippen LogP contribution in [0.4, 0.5) is 11.4 Å². The van der Waals surface area contributed by atoms with Crippen molar-refractivity contribution in [2.75, 3.05) is 17.2 Å². The Morgan fingerprint density at radius 2 is 1.37 bits per heavy atom. The molecule has 0 spiro atoms. The lowest BCUT2D eigenvalue weighted by Crippen LogP contribution is -2.53. The molecule has 0 saturated heterocycles. The van der Waals surface area contributed by atoms with Gasteiger partial charge in [-0.2, -0.15) is 0 Å². The number of anilines is 2. The molecule has 0 aliphatic carbocycles. The highest BCUT2D eigenvalue weighted by Crippen LogP contribution is 2.32. The van der Waals surface area contributed by atoms with E-state index in [1.54, 1.807) is 36.4 Å². The highest BCUT2D eigenvalue weighted by Gasteiger charge is 2.40. The maximum atomic E-state index is 13.6. The van der Waals surface area contributed by atoms with E-state index >= 15 is 0 Å². The largest absolute Gasteiger partial charge is 0.385 e. The number of hydrogen-bond acceptors (Lipinski definition) is 4. The smallest absolute Gasteiger partial charge is 0.262 e. The van der Waals surface area contributed by atoms with Crippen molar-refractivity contribution in [3.05, 3.63) is 108 Å². The second-order valence-corrected chi connectivity index (χ2v) is 8.49. The van der Waals surface area contributed by atoms with E-state index in [1.807, 2.05) is 61.5 Å². The van der Waals surface area contributed by atoms with E-state index in [1.165, 1.54) is 0 Å². The number of benzene rings is 4. The summed E-state index contributed by atoms with van der Waals surface area (Å²) in [4.78, 5) is 42.0. The summed E-state index contributed by atoms with van der Waals surface area (Å²) in [5.74, 6) is -1.34. The molecular weight excluding hydrogens is 438 g/mol. The first-order chi connectivity index (χ1) is 17.1. The van der Waals surface area contributed by atoms with E-state index in [0.29, 0.717) is 22.2 Å². The predicted molar refractivity (Wildman–Crippen MR) is 138 cm³/mol. The molecule has 0 bridgehead atoms. The third-order valence-electron chi connectivity index (χ3n) is 6.22. The first kappa shape index (κ1) is 22.3. The van der Waals surface area contributed by atoms with Gasteiger partial charge in [0.2, 0.25) is 5.91 Å². The van der Waals surface area contributed by atoms with Crippen LogP contribution >= 0.6 is 0 Å². The summed E-state index contributed by atoms with van der Waals surface area (Å²) >= 11 is 0. The molecular formula is C29H25N3O3. The van der Waals surface area contributed by atoms with E-state index < -0.39 is 23.8 Å². The van der Waals surface area contributed by atoms with Gasteiger partial charge in [-0.3, -0.25) is 19.3 Å². The zero-order chi connectivity index (χ0) is 24.4. The first-order valence-corrected chi connectivity index (χ1v) is 11.6. The Hall–Kier alpha value is -4.45. The number of imide groups is 1. The number of carbonyl (C=O) groups is 3. The molecule has 5 rings (SSSR count). The fraction of sp³-hybridized carbons (Fsp3) is 0.138. The Bertz CT molecular complexity index is 1360. The van der Waals surface area contributed by atoms with Crippen LogP contribution in [0.1, 0.15) is 33.2 Å². The Morgan fingerprint density at radius 1 is 0.771 bits per heavy atom. The summed E-state index contributed by atoms with van der Waals surface area (Å²) in [5.41, 5.74) is 3.25. The van der Waals surface area contributed by atoms with Gasteiger partial charge in [0.25, 0.3) is 11.8 Å². The molecule has 0 fully saturated rings. The summed E-state index contributed by atoms with van der Waals surface area (Å²) in [7, 11) is 0. The Labute approximate surface area is 203 Å².